The van der Waals surface area contributed by atoms with Crippen molar-refractivity contribution >= 4 is 39.7 Å². The summed E-state index contributed by atoms with van der Waals surface area (Å²) in [4.78, 5) is -0.227. The molecule has 0 aliphatic heterocycles. The van der Waals surface area contributed by atoms with E-state index in [0.717, 1.165) is 12.1 Å². The van der Waals surface area contributed by atoms with Crippen LogP contribution in [0.15, 0.2) is 29.2 Å². The number of phenolic OH excluding ortho intramolecular Hbond substituents is 1. The van der Waals surface area contributed by atoms with Gasteiger partial charge in [-0.1, -0.05) is 0 Å². The van der Waals surface area contributed by atoms with Crippen LogP contribution in [0.1, 0.15) is 0 Å². The second-order valence-electron chi connectivity index (χ2n) is 1.97. The van der Waals surface area contributed by atoms with E-state index in [9.17, 15) is 8.42 Å². The van der Waals surface area contributed by atoms with Gasteiger partial charge in [-0.05, 0) is 24.3 Å². The second kappa shape index (κ2) is 4.25. The van der Waals surface area contributed by atoms with Gasteiger partial charge in [-0.3, -0.25) is 4.55 Å². The van der Waals surface area contributed by atoms with Gasteiger partial charge in [0.25, 0.3) is 10.1 Å². The fourth-order valence-electron chi connectivity index (χ4n) is 0.618. The molecule has 0 aliphatic carbocycles. The molecule has 0 fully saturated rings. The van der Waals surface area contributed by atoms with E-state index in [1.54, 1.807) is 0 Å². The predicted molar refractivity (Wildman–Crippen MR) is 43.7 cm³/mol. The standard InChI is InChI=1S/C6H6O4S.Na/c7-5-1-3-6(4-2-5)11(8,9)10;/h1-4,7H,(H,8,9,10);. The maximum Gasteiger partial charge on any atom is 0.294 e. The van der Waals surface area contributed by atoms with Gasteiger partial charge >= 0.3 is 0 Å². The summed E-state index contributed by atoms with van der Waals surface area (Å²) in [7, 11) is -4.13. The van der Waals surface area contributed by atoms with E-state index < -0.39 is 10.1 Å². The van der Waals surface area contributed by atoms with Gasteiger partial charge in [-0.2, -0.15) is 8.42 Å². The number of hydrogen-bond donors (Lipinski definition) is 2. The predicted octanol–water partition coefficient (Wildman–Crippen LogP) is 0.258. The van der Waals surface area contributed by atoms with E-state index in [1.807, 2.05) is 0 Å². The van der Waals surface area contributed by atoms with E-state index in [1.165, 1.54) is 12.1 Å². The van der Waals surface area contributed by atoms with Gasteiger partial charge in [0.15, 0.2) is 0 Å². The SMILES string of the molecule is O=S(=O)(O)c1ccc(O)cc1.[Na]. The molecule has 0 saturated carbocycles. The average Bonchev–Trinajstić information content (AvgIpc) is 1.86. The van der Waals surface area contributed by atoms with Crippen LogP contribution in [-0.2, 0) is 10.1 Å². The van der Waals surface area contributed by atoms with Crippen molar-refractivity contribution in [2.75, 3.05) is 0 Å². The minimum absolute atomic E-state index is 0. The fourth-order valence-corrected chi connectivity index (χ4v) is 1.10. The maximum atomic E-state index is 10.4. The van der Waals surface area contributed by atoms with Crippen molar-refractivity contribution in [3.05, 3.63) is 24.3 Å². The van der Waals surface area contributed by atoms with Crippen LogP contribution in [0.5, 0.6) is 5.75 Å². The molecule has 1 aromatic rings. The second-order valence-corrected chi connectivity index (χ2v) is 3.39. The topological polar surface area (TPSA) is 74.6 Å². The summed E-state index contributed by atoms with van der Waals surface area (Å²) in [5.74, 6) is -0.0441. The Kier molecular flexibility index (Phi) is 4.22. The van der Waals surface area contributed by atoms with Crippen LogP contribution in [0.4, 0.5) is 0 Å². The summed E-state index contributed by atoms with van der Waals surface area (Å²) in [6, 6.07) is 4.60. The normalized spacial score (nSPS) is 10.4. The van der Waals surface area contributed by atoms with Crippen LogP contribution >= 0.6 is 0 Å². The zero-order valence-electron chi connectivity index (χ0n) is 6.43. The first-order valence-electron chi connectivity index (χ1n) is 2.77. The van der Waals surface area contributed by atoms with Gasteiger partial charge in [-0.15, -0.1) is 0 Å². The molecule has 0 spiro atoms. The maximum absolute atomic E-state index is 10.4. The third kappa shape index (κ3) is 3.12. The molecule has 0 bridgehead atoms. The minimum atomic E-state index is -4.13. The summed E-state index contributed by atoms with van der Waals surface area (Å²) in [5, 5.41) is 8.75. The molecule has 0 amide bonds. The molecule has 0 saturated heterocycles. The van der Waals surface area contributed by atoms with Crippen molar-refractivity contribution in [2.24, 2.45) is 0 Å². The van der Waals surface area contributed by atoms with Crippen molar-refractivity contribution in [1.82, 2.24) is 0 Å². The molecule has 2 N–H and O–H groups in total. The molecule has 4 nitrogen and oxygen atoms in total. The van der Waals surface area contributed by atoms with Crippen LogP contribution in [0, 0.1) is 0 Å². The van der Waals surface area contributed by atoms with Gasteiger partial charge in [0.2, 0.25) is 0 Å². The number of phenols is 1. The molecule has 0 aliphatic rings. The zero-order chi connectivity index (χ0) is 8.48. The molecule has 0 atom stereocenters. The molecular formula is C6H6NaO4S. The van der Waals surface area contributed by atoms with E-state index in [2.05, 4.69) is 0 Å². The Labute approximate surface area is 92.3 Å². The number of benzene rings is 1. The summed E-state index contributed by atoms with van der Waals surface area (Å²) >= 11 is 0. The van der Waals surface area contributed by atoms with E-state index in [4.69, 9.17) is 9.66 Å². The van der Waals surface area contributed by atoms with Crippen LogP contribution in [0.2, 0.25) is 0 Å². The largest absolute Gasteiger partial charge is 0.508 e. The number of aromatic hydroxyl groups is 1. The molecular weight excluding hydrogens is 191 g/mol. The van der Waals surface area contributed by atoms with Crippen molar-refractivity contribution in [2.45, 2.75) is 4.90 Å². The van der Waals surface area contributed by atoms with Gasteiger partial charge in [0.1, 0.15) is 5.75 Å². The molecule has 1 radical (unpaired) electrons. The molecule has 1 rings (SSSR count). The monoisotopic (exact) mass is 197 g/mol. The van der Waals surface area contributed by atoms with Crippen LogP contribution in [0.3, 0.4) is 0 Å². The first kappa shape index (κ1) is 11.9. The Morgan fingerprint density at radius 3 is 1.83 bits per heavy atom. The number of hydrogen-bond acceptors (Lipinski definition) is 3. The van der Waals surface area contributed by atoms with Crippen LogP contribution in [0.25, 0.3) is 0 Å². The van der Waals surface area contributed by atoms with Crippen molar-refractivity contribution < 1.29 is 18.1 Å². The molecule has 6 heteroatoms. The van der Waals surface area contributed by atoms with Crippen molar-refractivity contribution in [3.8, 4) is 5.75 Å². The van der Waals surface area contributed by atoms with Gasteiger partial charge < -0.3 is 5.11 Å². The fraction of sp³-hybridized carbons (Fsp3) is 0. The van der Waals surface area contributed by atoms with E-state index in [-0.39, 0.29) is 40.2 Å². The van der Waals surface area contributed by atoms with Gasteiger partial charge in [0, 0.05) is 29.6 Å². The molecule has 61 valence electrons. The van der Waals surface area contributed by atoms with Crippen molar-refractivity contribution in [3.63, 3.8) is 0 Å². The summed E-state index contributed by atoms with van der Waals surface area (Å²) < 4.78 is 29.3. The van der Waals surface area contributed by atoms with Crippen LogP contribution < -0.4 is 0 Å². The Balaban J connectivity index is 0.00000121. The molecule has 0 aromatic heterocycles. The molecule has 0 unspecified atom stereocenters. The van der Waals surface area contributed by atoms with Gasteiger partial charge in [-0.25, -0.2) is 0 Å². The summed E-state index contributed by atoms with van der Waals surface area (Å²) in [6.07, 6.45) is 0. The van der Waals surface area contributed by atoms with E-state index >= 15 is 0 Å². The van der Waals surface area contributed by atoms with E-state index in [0.29, 0.717) is 0 Å². The van der Waals surface area contributed by atoms with Gasteiger partial charge in [0.05, 0.1) is 4.90 Å². The summed E-state index contributed by atoms with van der Waals surface area (Å²) in [6.45, 7) is 0. The molecule has 12 heavy (non-hydrogen) atoms. The first-order valence-corrected chi connectivity index (χ1v) is 4.21. The Morgan fingerprint density at radius 1 is 1.08 bits per heavy atom. The number of rotatable bonds is 1. The third-order valence-corrected chi connectivity index (χ3v) is 2.00. The average molecular weight is 197 g/mol. The first-order chi connectivity index (χ1) is 5.00. The third-order valence-electron chi connectivity index (χ3n) is 1.13. The summed E-state index contributed by atoms with van der Waals surface area (Å²) in [5.41, 5.74) is 0. The molecule has 1 aromatic carbocycles. The Bertz CT molecular complexity index is 342. The Hall–Kier alpha value is -0.0700. The quantitative estimate of drug-likeness (QED) is 0.500. The Morgan fingerprint density at radius 2 is 1.50 bits per heavy atom. The smallest absolute Gasteiger partial charge is 0.294 e. The van der Waals surface area contributed by atoms with Crippen LogP contribution in [-0.4, -0.2) is 47.6 Å². The minimum Gasteiger partial charge on any atom is -0.508 e. The van der Waals surface area contributed by atoms with Crippen molar-refractivity contribution in [1.29, 1.82) is 0 Å². The molecule has 0 heterocycles. The zero-order valence-corrected chi connectivity index (χ0v) is 9.25.